The number of hydrogen-bond acceptors (Lipinski definition) is 6. The molecule has 0 spiro atoms. The molecule has 4 atom stereocenters. The zero-order valence-electron chi connectivity index (χ0n) is 24.2. The molecule has 2 rings (SSSR count). The van der Waals surface area contributed by atoms with Crippen LogP contribution in [0.4, 0.5) is 0 Å². The molecule has 0 aliphatic heterocycles. The zero-order valence-corrected chi connectivity index (χ0v) is 25.0. The van der Waals surface area contributed by atoms with Crippen molar-refractivity contribution in [1.82, 2.24) is 5.32 Å². The van der Waals surface area contributed by atoms with Gasteiger partial charge in [0, 0.05) is 12.3 Å². The molecular weight excluding hydrogens is 498 g/mol. The minimum absolute atomic E-state index is 0.159. The highest BCUT2D eigenvalue weighted by atomic mass is 32.2. The van der Waals surface area contributed by atoms with Gasteiger partial charge in [0.15, 0.2) is 9.84 Å². The molecule has 0 amide bonds. The van der Waals surface area contributed by atoms with E-state index in [9.17, 15) is 13.2 Å². The Morgan fingerprint density at radius 1 is 0.868 bits per heavy atom. The number of fused-ring (bicyclic) bond motifs is 1. The van der Waals surface area contributed by atoms with E-state index in [4.69, 9.17) is 16.2 Å². The van der Waals surface area contributed by atoms with Crippen LogP contribution < -0.4 is 11.1 Å². The van der Waals surface area contributed by atoms with Crippen molar-refractivity contribution in [3.63, 3.8) is 0 Å². The topological polar surface area (TPSA) is 133 Å². The maximum atomic E-state index is 12.5. The summed E-state index contributed by atoms with van der Waals surface area (Å²) < 4.78 is 24.9. The fourth-order valence-electron chi connectivity index (χ4n) is 6.32. The minimum Gasteiger partial charge on any atom is -0.480 e. The van der Waals surface area contributed by atoms with Crippen LogP contribution in [0.5, 0.6) is 0 Å². The number of nitrogens with two attached hydrogens (primary N) is 1. The van der Waals surface area contributed by atoms with Crippen molar-refractivity contribution in [3.8, 4) is 0 Å². The van der Waals surface area contributed by atoms with Crippen molar-refractivity contribution in [2.75, 3.05) is 18.1 Å². The Balaban J connectivity index is 1.93. The third-order valence-electron chi connectivity index (χ3n) is 9.02. The van der Waals surface area contributed by atoms with Gasteiger partial charge in [-0.25, -0.2) is 8.42 Å². The second kappa shape index (κ2) is 17.6. The standard InChI is InChI=1S/C30H57N3O4S/c1-25(31)30(33-21-22-38(36,37)24-28(32)29(34)35)19-15-13-11-9-7-5-3-2-4-6-8-10-12-14-17-26-23-27(26)18-16-20-30/h26-28,31,33H,2-24,32H2,1H3,(H,34,35)/t26?,27?,28-,30?/m0/s1. The fourth-order valence-corrected chi connectivity index (χ4v) is 7.59. The molecule has 5 N–H and O–H groups in total. The summed E-state index contributed by atoms with van der Waals surface area (Å²) in [5, 5.41) is 21.1. The van der Waals surface area contributed by atoms with Crippen LogP contribution >= 0.6 is 0 Å². The van der Waals surface area contributed by atoms with Crippen molar-refractivity contribution in [2.24, 2.45) is 17.6 Å². The molecule has 8 heteroatoms. The van der Waals surface area contributed by atoms with Gasteiger partial charge in [0.05, 0.1) is 17.0 Å². The summed E-state index contributed by atoms with van der Waals surface area (Å²) in [6, 6.07) is -1.40. The monoisotopic (exact) mass is 555 g/mol. The van der Waals surface area contributed by atoms with E-state index < -0.39 is 33.1 Å². The molecule has 38 heavy (non-hydrogen) atoms. The van der Waals surface area contributed by atoms with Crippen LogP contribution in [0, 0.1) is 17.2 Å². The molecule has 0 radical (unpaired) electrons. The number of carboxylic acid groups (broad SMARTS) is 1. The van der Waals surface area contributed by atoms with Gasteiger partial charge in [-0.3, -0.25) is 4.79 Å². The summed E-state index contributed by atoms with van der Waals surface area (Å²) in [4.78, 5) is 11.0. The number of rotatable bonds is 8. The van der Waals surface area contributed by atoms with E-state index in [1.54, 1.807) is 0 Å². The van der Waals surface area contributed by atoms with Crippen LogP contribution in [-0.2, 0) is 14.6 Å². The highest BCUT2D eigenvalue weighted by Crippen LogP contribution is 2.46. The lowest BCUT2D eigenvalue weighted by Gasteiger charge is -2.35. The number of carbonyl (C=O) groups is 1. The third-order valence-corrected chi connectivity index (χ3v) is 10.7. The summed E-state index contributed by atoms with van der Waals surface area (Å²) in [6.07, 6.45) is 25.1. The number of aliphatic carboxylic acids is 1. The van der Waals surface area contributed by atoms with E-state index >= 15 is 0 Å². The molecule has 7 nitrogen and oxygen atoms in total. The first kappa shape index (κ1) is 33.2. The van der Waals surface area contributed by atoms with E-state index in [0.29, 0.717) is 5.71 Å². The van der Waals surface area contributed by atoms with E-state index in [2.05, 4.69) is 5.32 Å². The number of nitrogens with one attached hydrogen (secondary N) is 2. The van der Waals surface area contributed by atoms with E-state index in [0.717, 1.165) is 43.9 Å². The molecule has 0 aromatic rings. The van der Waals surface area contributed by atoms with Gasteiger partial charge in [-0.2, -0.15) is 0 Å². The second-order valence-electron chi connectivity index (χ2n) is 12.3. The average Bonchev–Trinajstić information content (AvgIpc) is 3.60. The predicted octanol–water partition coefficient (Wildman–Crippen LogP) is 6.24. The summed E-state index contributed by atoms with van der Waals surface area (Å²) in [7, 11) is -3.59. The maximum absolute atomic E-state index is 12.5. The van der Waals surface area contributed by atoms with E-state index in [-0.39, 0.29) is 12.3 Å². The van der Waals surface area contributed by atoms with Crippen LogP contribution in [-0.4, -0.2) is 54.8 Å². The molecule has 222 valence electrons. The molecule has 0 heterocycles. The van der Waals surface area contributed by atoms with Gasteiger partial charge < -0.3 is 21.6 Å². The molecule has 2 saturated carbocycles. The molecule has 2 aliphatic carbocycles. The smallest absolute Gasteiger partial charge is 0.321 e. The molecule has 3 unspecified atom stereocenters. The van der Waals surface area contributed by atoms with Crippen LogP contribution in [0.2, 0.25) is 0 Å². The molecule has 0 aromatic heterocycles. The van der Waals surface area contributed by atoms with Crippen molar-refractivity contribution < 1.29 is 18.3 Å². The van der Waals surface area contributed by atoms with E-state index in [1.165, 1.54) is 96.3 Å². The molecule has 0 aromatic carbocycles. The first-order valence-electron chi connectivity index (χ1n) is 15.6. The van der Waals surface area contributed by atoms with Crippen LogP contribution in [0.1, 0.15) is 135 Å². The molecule has 0 saturated heterocycles. The molecule has 2 fully saturated rings. The van der Waals surface area contributed by atoms with Crippen LogP contribution in [0.15, 0.2) is 0 Å². The largest absolute Gasteiger partial charge is 0.480 e. The van der Waals surface area contributed by atoms with E-state index in [1.807, 2.05) is 6.92 Å². The Bertz CT molecular complexity index is 803. The maximum Gasteiger partial charge on any atom is 0.321 e. The summed E-state index contributed by atoms with van der Waals surface area (Å²) >= 11 is 0. The minimum atomic E-state index is -3.59. The number of sulfone groups is 1. The first-order valence-corrected chi connectivity index (χ1v) is 17.5. The molecule has 0 bridgehead atoms. The Morgan fingerprint density at radius 3 is 1.82 bits per heavy atom. The SMILES string of the molecule is CC(=N)C1(NCCS(=O)(=O)C[C@H](N)C(=O)O)CCCCCCCCCCCCCCCCC2CC2CCC1. The lowest BCUT2D eigenvalue weighted by Crippen LogP contribution is -2.52. The second-order valence-corrected chi connectivity index (χ2v) is 14.6. The van der Waals surface area contributed by atoms with Gasteiger partial charge in [-0.1, -0.05) is 109 Å². The van der Waals surface area contributed by atoms with Gasteiger partial charge in [-0.05, 0) is 38.0 Å². The number of carboxylic acids is 1. The Kier molecular flexibility index (Phi) is 15.4. The molecule has 2 aliphatic rings. The number of hydrogen-bond donors (Lipinski definition) is 4. The van der Waals surface area contributed by atoms with Crippen LogP contribution in [0.25, 0.3) is 0 Å². The van der Waals surface area contributed by atoms with Gasteiger partial charge in [0.1, 0.15) is 6.04 Å². The van der Waals surface area contributed by atoms with Crippen molar-refractivity contribution in [3.05, 3.63) is 0 Å². The highest BCUT2D eigenvalue weighted by molar-refractivity contribution is 7.91. The van der Waals surface area contributed by atoms with Crippen LogP contribution in [0.3, 0.4) is 0 Å². The normalized spacial score (nSPS) is 28.7. The van der Waals surface area contributed by atoms with Gasteiger partial charge in [0.25, 0.3) is 0 Å². The Morgan fingerprint density at radius 2 is 1.32 bits per heavy atom. The highest BCUT2D eigenvalue weighted by Gasteiger charge is 2.37. The Labute approximate surface area is 232 Å². The van der Waals surface area contributed by atoms with Crippen molar-refractivity contribution in [1.29, 1.82) is 5.41 Å². The first-order chi connectivity index (χ1) is 18.2. The Hall–Kier alpha value is -0.990. The third kappa shape index (κ3) is 13.4. The van der Waals surface area contributed by atoms with Gasteiger partial charge in [0.2, 0.25) is 0 Å². The van der Waals surface area contributed by atoms with Gasteiger partial charge >= 0.3 is 5.97 Å². The summed E-state index contributed by atoms with van der Waals surface area (Å²) in [6.45, 7) is 2.07. The average molecular weight is 556 g/mol. The van der Waals surface area contributed by atoms with Gasteiger partial charge in [-0.15, -0.1) is 0 Å². The summed E-state index contributed by atoms with van der Waals surface area (Å²) in [5.41, 5.74) is 5.57. The quantitative estimate of drug-likeness (QED) is 0.262. The fraction of sp³-hybridized carbons (Fsp3) is 0.933. The molecular formula is C30H57N3O4S. The lowest BCUT2D eigenvalue weighted by molar-refractivity contribution is -0.137. The van der Waals surface area contributed by atoms with Crippen molar-refractivity contribution in [2.45, 2.75) is 147 Å². The predicted molar refractivity (Wildman–Crippen MR) is 158 cm³/mol. The zero-order chi connectivity index (χ0) is 27.9. The van der Waals surface area contributed by atoms with Crippen molar-refractivity contribution >= 4 is 21.5 Å². The summed E-state index contributed by atoms with van der Waals surface area (Å²) in [5.74, 6) is -0.292. The lowest BCUT2D eigenvalue weighted by atomic mass is 9.82.